The van der Waals surface area contributed by atoms with Crippen molar-refractivity contribution in [2.24, 2.45) is 5.92 Å². The third-order valence-corrected chi connectivity index (χ3v) is 5.14. The Hall–Kier alpha value is -0.860. The van der Waals surface area contributed by atoms with Crippen molar-refractivity contribution in [1.29, 1.82) is 0 Å². The molecule has 118 valence electrons. The van der Waals surface area contributed by atoms with E-state index < -0.39 is 0 Å². The van der Waals surface area contributed by atoms with E-state index in [9.17, 15) is 0 Å². The first-order valence-corrected chi connectivity index (χ1v) is 8.80. The Morgan fingerprint density at radius 3 is 2.43 bits per heavy atom. The van der Waals surface area contributed by atoms with Crippen LogP contribution in [0.15, 0.2) is 24.3 Å². The summed E-state index contributed by atoms with van der Waals surface area (Å²) >= 11 is 0. The smallest absolute Gasteiger partial charge is 0.0236 e. The van der Waals surface area contributed by atoms with Gasteiger partial charge in [-0.25, -0.2) is 0 Å². The van der Waals surface area contributed by atoms with Gasteiger partial charge in [0.05, 0.1) is 0 Å². The second-order valence-electron chi connectivity index (χ2n) is 6.32. The van der Waals surface area contributed by atoms with Crippen LogP contribution in [0, 0.1) is 5.92 Å². The summed E-state index contributed by atoms with van der Waals surface area (Å²) < 4.78 is 0. The topological polar surface area (TPSA) is 15.3 Å². The molecular weight excluding hydrogens is 256 g/mol. The average molecular weight is 288 g/mol. The van der Waals surface area contributed by atoms with Crippen LogP contribution in [0.1, 0.15) is 57.6 Å². The van der Waals surface area contributed by atoms with Crippen LogP contribution < -0.4 is 5.32 Å². The molecule has 1 fully saturated rings. The molecule has 1 aromatic carbocycles. The second-order valence-corrected chi connectivity index (χ2v) is 6.32. The van der Waals surface area contributed by atoms with Gasteiger partial charge < -0.3 is 5.32 Å². The first kappa shape index (κ1) is 16.5. The fourth-order valence-electron chi connectivity index (χ4n) is 3.61. The highest BCUT2D eigenvalue weighted by Gasteiger charge is 2.25. The van der Waals surface area contributed by atoms with Crippen molar-refractivity contribution in [2.45, 2.75) is 65.6 Å². The molecule has 21 heavy (non-hydrogen) atoms. The highest BCUT2D eigenvalue weighted by Crippen LogP contribution is 2.28. The predicted octanol–water partition coefficient (Wildman–Crippen LogP) is 4.20. The molecule has 0 spiro atoms. The minimum absolute atomic E-state index is 0.733. The van der Waals surface area contributed by atoms with E-state index >= 15 is 0 Å². The molecule has 2 atom stereocenters. The van der Waals surface area contributed by atoms with E-state index in [0.717, 1.165) is 38.1 Å². The molecule has 1 aliphatic rings. The Morgan fingerprint density at radius 2 is 1.76 bits per heavy atom. The predicted molar refractivity (Wildman–Crippen MR) is 91.3 cm³/mol. The number of hydrogen-bond acceptors (Lipinski definition) is 2. The average Bonchev–Trinajstić information content (AvgIpc) is 2.99. The molecule has 0 amide bonds. The third kappa shape index (κ3) is 4.55. The quantitative estimate of drug-likeness (QED) is 0.771. The zero-order valence-corrected chi connectivity index (χ0v) is 14.1. The van der Waals surface area contributed by atoms with Crippen LogP contribution in [0.25, 0.3) is 0 Å². The van der Waals surface area contributed by atoms with E-state index in [4.69, 9.17) is 0 Å². The number of nitrogens with zero attached hydrogens (tertiary/aromatic N) is 1. The van der Waals surface area contributed by atoms with Crippen molar-refractivity contribution in [3.63, 3.8) is 0 Å². The van der Waals surface area contributed by atoms with Gasteiger partial charge in [-0.2, -0.15) is 0 Å². The molecule has 0 saturated heterocycles. The Kier molecular flexibility index (Phi) is 6.72. The molecule has 1 saturated carbocycles. The maximum atomic E-state index is 3.83. The Labute approximate surface area is 130 Å². The summed E-state index contributed by atoms with van der Waals surface area (Å²) in [7, 11) is 0. The number of hydrogen-bond donors (Lipinski definition) is 1. The molecule has 2 nitrogen and oxygen atoms in total. The Morgan fingerprint density at radius 1 is 1.05 bits per heavy atom. The molecule has 2 rings (SSSR count). The van der Waals surface area contributed by atoms with E-state index in [1.54, 1.807) is 0 Å². The lowest BCUT2D eigenvalue weighted by molar-refractivity contribution is 0.294. The molecule has 1 N–H and O–H groups in total. The summed E-state index contributed by atoms with van der Waals surface area (Å²) in [5.41, 5.74) is 2.96. The molecule has 1 aromatic rings. The van der Waals surface area contributed by atoms with Crippen molar-refractivity contribution in [3.05, 3.63) is 35.4 Å². The van der Waals surface area contributed by atoms with Gasteiger partial charge in [-0.15, -0.1) is 0 Å². The number of benzene rings is 1. The Bertz CT molecular complexity index is 412. The number of rotatable bonds is 8. The molecule has 0 bridgehead atoms. The Balaban J connectivity index is 1.96. The zero-order chi connectivity index (χ0) is 15.1. The number of nitrogens with one attached hydrogen (secondary N) is 1. The first-order chi connectivity index (χ1) is 10.3. The van der Waals surface area contributed by atoms with Crippen LogP contribution >= 0.6 is 0 Å². The minimum atomic E-state index is 0.733. The van der Waals surface area contributed by atoms with Crippen LogP contribution in [-0.2, 0) is 13.1 Å². The molecule has 0 heterocycles. The van der Waals surface area contributed by atoms with Gasteiger partial charge in [0.25, 0.3) is 0 Å². The van der Waals surface area contributed by atoms with Crippen molar-refractivity contribution in [1.82, 2.24) is 10.2 Å². The summed E-state index contributed by atoms with van der Waals surface area (Å²) in [5.74, 6) is 0.889. The van der Waals surface area contributed by atoms with Crippen LogP contribution in [0.2, 0.25) is 0 Å². The second kappa shape index (κ2) is 8.55. The highest BCUT2D eigenvalue weighted by atomic mass is 15.1. The monoisotopic (exact) mass is 288 g/mol. The maximum absolute atomic E-state index is 3.83. The first-order valence-electron chi connectivity index (χ1n) is 8.80. The summed E-state index contributed by atoms with van der Waals surface area (Å²) in [4.78, 5) is 2.49. The van der Waals surface area contributed by atoms with Crippen molar-refractivity contribution >= 4 is 0 Å². The van der Waals surface area contributed by atoms with Crippen molar-refractivity contribution in [3.8, 4) is 0 Å². The minimum Gasteiger partial charge on any atom is -0.310 e. The molecular formula is C19H32N2. The fraction of sp³-hybridized carbons (Fsp3) is 0.684. The van der Waals surface area contributed by atoms with E-state index in [0.29, 0.717) is 0 Å². The summed E-state index contributed by atoms with van der Waals surface area (Å²) in [6.07, 6.45) is 5.49. The highest BCUT2D eigenvalue weighted by molar-refractivity contribution is 5.27. The van der Waals surface area contributed by atoms with Gasteiger partial charge >= 0.3 is 0 Å². The van der Waals surface area contributed by atoms with Crippen LogP contribution in [0.5, 0.6) is 0 Å². The molecule has 0 radical (unpaired) electrons. The molecule has 0 aliphatic heterocycles. The van der Waals surface area contributed by atoms with E-state index in [1.807, 2.05) is 0 Å². The molecule has 0 aromatic heterocycles. The lowest BCUT2D eigenvalue weighted by Crippen LogP contribution is -2.32. The molecule has 2 unspecified atom stereocenters. The van der Waals surface area contributed by atoms with Gasteiger partial charge in [0.15, 0.2) is 0 Å². The fourth-order valence-corrected chi connectivity index (χ4v) is 3.61. The van der Waals surface area contributed by atoms with E-state index in [1.165, 1.54) is 36.8 Å². The van der Waals surface area contributed by atoms with Gasteiger partial charge in [0.1, 0.15) is 0 Å². The summed E-state index contributed by atoms with van der Waals surface area (Å²) in [6.45, 7) is 11.2. The van der Waals surface area contributed by atoms with Gasteiger partial charge in [-0.1, -0.05) is 57.9 Å². The lowest BCUT2D eigenvalue weighted by atomic mass is 10.00. The largest absolute Gasteiger partial charge is 0.310 e. The SMILES string of the molecule is CCC1CCCC1NCc1ccccc1CN(CC)CC. The van der Waals surface area contributed by atoms with Gasteiger partial charge in [-0.05, 0) is 43.0 Å². The zero-order valence-electron chi connectivity index (χ0n) is 14.1. The van der Waals surface area contributed by atoms with E-state index in [2.05, 4.69) is 55.3 Å². The summed E-state index contributed by atoms with van der Waals surface area (Å²) in [6, 6.07) is 9.67. The van der Waals surface area contributed by atoms with Gasteiger partial charge in [-0.3, -0.25) is 4.90 Å². The van der Waals surface area contributed by atoms with Crippen LogP contribution in [-0.4, -0.2) is 24.0 Å². The van der Waals surface area contributed by atoms with Crippen molar-refractivity contribution in [2.75, 3.05) is 13.1 Å². The molecule has 2 heteroatoms. The van der Waals surface area contributed by atoms with Gasteiger partial charge in [0.2, 0.25) is 0 Å². The summed E-state index contributed by atoms with van der Waals surface area (Å²) in [5, 5.41) is 3.83. The standard InChI is InChI=1S/C19H32N2/c1-4-16-12-9-13-19(16)20-14-17-10-7-8-11-18(17)15-21(5-2)6-3/h7-8,10-11,16,19-20H,4-6,9,12-15H2,1-3H3. The lowest BCUT2D eigenvalue weighted by Gasteiger charge is -2.23. The third-order valence-electron chi connectivity index (χ3n) is 5.14. The normalized spacial score (nSPS) is 22.1. The van der Waals surface area contributed by atoms with Crippen LogP contribution in [0.4, 0.5) is 0 Å². The maximum Gasteiger partial charge on any atom is 0.0236 e. The van der Waals surface area contributed by atoms with Crippen LogP contribution in [0.3, 0.4) is 0 Å². The molecule has 1 aliphatic carbocycles. The van der Waals surface area contributed by atoms with Crippen molar-refractivity contribution < 1.29 is 0 Å². The van der Waals surface area contributed by atoms with Gasteiger partial charge in [0, 0.05) is 19.1 Å². The van der Waals surface area contributed by atoms with E-state index in [-0.39, 0.29) is 0 Å².